The number of carbonyl (C=O) groups is 1. The molecule has 0 aliphatic carbocycles. The van der Waals surface area contributed by atoms with E-state index in [1.807, 2.05) is 16.5 Å². The maximum atomic E-state index is 12.1. The summed E-state index contributed by atoms with van der Waals surface area (Å²) in [5.41, 5.74) is 0.615. The normalized spacial score (nSPS) is 20.2. The third kappa shape index (κ3) is 4.33. The molecular formula is C18H25N5O5. The number of fused-ring (bicyclic) bond motifs is 1. The summed E-state index contributed by atoms with van der Waals surface area (Å²) in [6, 6.07) is 4.20. The van der Waals surface area contributed by atoms with Crippen LogP contribution in [0.3, 0.4) is 0 Å². The molecule has 10 heteroatoms. The number of nitrogens with one attached hydrogen (secondary N) is 1. The van der Waals surface area contributed by atoms with Gasteiger partial charge in [0.25, 0.3) is 5.69 Å². The van der Waals surface area contributed by atoms with E-state index in [1.54, 1.807) is 26.8 Å². The minimum atomic E-state index is -0.650. The lowest BCUT2D eigenvalue weighted by atomic mass is 10.0. The van der Waals surface area contributed by atoms with Crippen molar-refractivity contribution in [2.24, 2.45) is 7.05 Å². The first-order chi connectivity index (χ1) is 13.0. The van der Waals surface area contributed by atoms with Gasteiger partial charge in [-0.3, -0.25) is 10.1 Å². The number of imidazole rings is 1. The van der Waals surface area contributed by atoms with E-state index in [-0.39, 0.29) is 11.7 Å². The van der Waals surface area contributed by atoms with Crippen LogP contribution in [-0.2, 0) is 11.8 Å². The predicted octanol–water partition coefficient (Wildman–Crippen LogP) is 1.95. The Hall–Kier alpha value is -2.88. The lowest BCUT2D eigenvalue weighted by molar-refractivity contribution is -0.384. The Morgan fingerprint density at radius 2 is 2.11 bits per heavy atom. The Labute approximate surface area is 162 Å². The molecule has 1 aromatic heterocycles. The number of ether oxygens (including phenoxy) is 1. The van der Waals surface area contributed by atoms with Gasteiger partial charge >= 0.3 is 6.09 Å². The van der Waals surface area contributed by atoms with Gasteiger partial charge in [-0.2, -0.15) is 0 Å². The maximum absolute atomic E-state index is 12.1. The fraction of sp³-hybridized carbons (Fsp3) is 0.556. The molecule has 10 nitrogen and oxygen atoms in total. The van der Waals surface area contributed by atoms with Gasteiger partial charge in [-0.05, 0) is 33.3 Å². The smallest absolute Gasteiger partial charge is 0.407 e. The topological polar surface area (TPSA) is 123 Å². The SMILES string of the molecule is Cn1c(N2C[C@H](O)C[C@@H](NC(=O)OC(C)(C)C)C2)nc2cc([N+](=O)[O-])ccc21. The molecule has 1 fully saturated rings. The molecule has 0 bridgehead atoms. The molecule has 3 rings (SSSR count). The maximum Gasteiger partial charge on any atom is 0.407 e. The van der Waals surface area contributed by atoms with Crippen molar-refractivity contribution in [3.63, 3.8) is 0 Å². The largest absolute Gasteiger partial charge is 0.444 e. The summed E-state index contributed by atoms with van der Waals surface area (Å²) in [6.07, 6.45) is -0.777. The zero-order valence-electron chi connectivity index (χ0n) is 16.4. The van der Waals surface area contributed by atoms with Crippen LogP contribution >= 0.6 is 0 Å². The minimum absolute atomic E-state index is 0.0275. The molecular weight excluding hydrogens is 366 g/mol. The molecule has 1 aliphatic rings. The van der Waals surface area contributed by atoms with E-state index in [4.69, 9.17) is 4.74 Å². The van der Waals surface area contributed by atoms with Crippen LogP contribution < -0.4 is 10.2 Å². The highest BCUT2D eigenvalue weighted by molar-refractivity contribution is 5.81. The zero-order valence-corrected chi connectivity index (χ0v) is 16.4. The lowest BCUT2D eigenvalue weighted by Crippen LogP contribution is -2.54. The van der Waals surface area contributed by atoms with E-state index < -0.39 is 22.7 Å². The molecule has 2 N–H and O–H groups in total. The van der Waals surface area contributed by atoms with Crippen molar-refractivity contribution in [2.75, 3.05) is 18.0 Å². The Kier molecular flexibility index (Phi) is 5.16. The Morgan fingerprint density at radius 3 is 2.75 bits per heavy atom. The zero-order chi connectivity index (χ0) is 20.6. The first-order valence-corrected chi connectivity index (χ1v) is 9.07. The quantitative estimate of drug-likeness (QED) is 0.605. The number of aliphatic hydroxyl groups excluding tert-OH is 1. The van der Waals surface area contributed by atoms with Crippen LogP contribution in [0.25, 0.3) is 11.0 Å². The van der Waals surface area contributed by atoms with Crippen molar-refractivity contribution in [1.29, 1.82) is 0 Å². The van der Waals surface area contributed by atoms with E-state index in [1.165, 1.54) is 12.1 Å². The van der Waals surface area contributed by atoms with Crippen LogP contribution in [0.2, 0.25) is 0 Å². The number of nitro benzene ring substituents is 1. The van der Waals surface area contributed by atoms with E-state index in [0.29, 0.717) is 31.0 Å². The number of benzene rings is 1. The standard InChI is InChI=1S/C18H25N5O5/c1-18(2,3)28-17(25)19-11-7-13(24)10-22(9-11)16-20-14-8-12(23(26)27)5-6-15(14)21(16)4/h5-6,8,11,13,24H,7,9-10H2,1-4H3,(H,19,25)/t11-,13-/m1/s1. The highest BCUT2D eigenvalue weighted by Crippen LogP contribution is 2.27. The summed E-state index contributed by atoms with van der Waals surface area (Å²) >= 11 is 0. The molecule has 152 valence electrons. The van der Waals surface area contributed by atoms with Gasteiger partial charge in [0.05, 0.1) is 28.1 Å². The number of piperidine rings is 1. The fourth-order valence-corrected chi connectivity index (χ4v) is 3.39. The average Bonchev–Trinajstić information content (AvgIpc) is 2.88. The average molecular weight is 391 g/mol. The van der Waals surface area contributed by atoms with Crippen molar-refractivity contribution in [2.45, 2.75) is 44.9 Å². The van der Waals surface area contributed by atoms with Crippen molar-refractivity contribution >= 4 is 28.8 Å². The molecule has 0 saturated carbocycles. The molecule has 1 amide bonds. The number of alkyl carbamates (subject to hydrolysis) is 1. The molecule has 0 spiro atoms. The van der Waals surface area contributed by atoms with E-state index >= 15 is 0 Å². The van der Waals surface area contributed by atoms with E-state index in [2.05, 4.69) is 10.3 Å². The number of aryl methyl sites for hydroxylation is 1. The van der Waals surface area contributed by atoms with Crippen molar-refractivity contribution in [1.82, 2.24) is 14.9 Å². The number of carbonyl (C=O) groups excluding carboxylic acids is 1. The number of aromatic nitrogens is 2. The van der Waals surface area contributed by atoms with Gasteiger partial charge in [0, 0.05) is 32.3 Å². The third-order valence-electron chi connectivity index (χ3n) is 4.48. The lowest BCUT2D eigenvalue weighted by Gasteiger charge is -2.36. The van der Waals surface area contributed by atoms with Gasteiger partial charge < -0.3 is 24.6 Å². The van der Waals surface area contributed by atoms with Crippen LogP contribution in [-0.4, -0.2) is 56.5 Å². The summed E-state index contributed by atoms with van der Waals surface area (Å²) in [7, 11) is 1.81. The molecule has 2 aromatic rings. The van der Waals surface area contributed by atoms with E-state index in [0.717, 1.165) is 5.52 Å². The fourth-order valence-electron chi connectivity index (χ4n) is 3.39. The number of rotatable bonds is 3. The highest BCUT2D eigenvalue weighted by atomic mass is 16.6. The molecule has 1 aliphatic heterocycles. The van der Waals surface area contributed by atoms with Gasteiger partial charge in [-0.25, -0.2) is 9.78 Å². The van der Waals surface area contributed by atoms with Crippen molar-refractivity contribution < 1.29 is 19.6 Å². The number of β-amino-alcohol motifs (C(OH)–C–C–N with tert-alkyl or cyclic N) is 1. The second kappa shape index (κ2) is 7.27. The second-order valence-corrected chi connectivity index (χ2v) is 8.04. The number of amides is 1. The number of hydrogen-bond acceptors (Lipinski definition) is 7. The van der Waals surface area contributed by atoms with Gasteiger partial charge in [0.15, 0.2) is 0 Å². The number of aliphatic hydroxyl groups is 1. The summed E-state index contributed by atoms with van der Waals surface area (Å²) in [6.45, 7) is 6.15. The van der Waals surface area contributed by atoms with Gasteiger partial charge in [0.2, 0.25) is 5.95 Å². The monoisotopic (exact) mass is 391 g/mol. The number of nitrogens with zero attached hydrogens (tertiary/aromatic N) is 4. The molecule has 1 aromatic carbocycles. The molecule has 0 unspecified atom stereocenters. The number of non-ortho nitro benzene ring substituents is 1. The summed E-state index contributed by atoms with van der Waals surface area (Å²) in [5, 5.41) is 24.1. The molecule has 0 radical (unpaired) electrons. The van der Waals surface area contributed by atoms with Gasteiger partial charge in [0.1, 0.15) is 5.60 Å². The molecule has 1 saturated heterocycles. The second-order valence-electron chi connectivity index (χ2n) is 8.04. The Bertz CT molecular complexity index is 904. The highest BCUT2D eigenvalue weighted by Gasteiger charge is 2.31. The number of hydrogen-bond donors (Lipinski definition) is 2. The van der Waals surface area contributed by atoms with Gasteiger partial charge in [-0.15, -0.1) is 0 Å². The first kappa shape index (κ1) is 19.9. The van der Waals surface area contributed by atoms with Crippen LogP contribution in [0.15, 0.2) is 18.2 Å². The van der Waals surface area contributed by atoms with Crippen LogP contribution in [0.1, 0.15) is 27.2 Å². The van der Waals surface area contributed by atoms with Crippen LogP contribution in [0.4, 0.5) is 16.4 Å². The predicted molar refractivity (Wildman–Crippen MR) is 103 cm³/mol. The van der Waals surface area contributed by atoms with Crippen LogP contribution in [0, 0.1) is 10.1 Å². The molecule has 2 atom stereocenters. The van der Waals surface area contributed by atoms with Gasteiger partial charge in [-0.1, -0.05) is 0 Å². The van der Waals surface area contributed by atoms with Crippen LogP contribution in [0.5, 0.6) is 0 Å². The number of anilines is 1. The third-order valence-corrected chi connectivity index (χ3v) is 4.48. The summed E-state index contributed by atoms with van der Waals surface area (Å²) in [5.74, 6) is 0.574. The summed E-state index contributed by atoms with van der Waals surface area (Å²) in [4.78, 5) is 29.0. The Morgan fingerprint density at radius 1 is 1.39 bits per heavy atom. The summed E-state index contributed by atoms with van der Waals surface area (Å²) < 4.78 is 7.11. The van der Waals surface area contributed by atoms with Crippen molar-refractivity contribution in [3.05, 3.63) is 28.3 Å². The number of nitro groups is 1. The van der Waals surface area contributed by atoms with Crippen molar-refractivity contribution in [3.8, 4) is 0 Å². The minimum Gasteiger partial charge on any atom is -0.444 e. The Balaban J connectivity index is 1.81. The first-order valence-electron chi connectivity index (χ1n) is 9.07. The molecule has 2 heterocycles. The molecule has 28 heavy (non-hydrogen) atoms. The van der Waals surface area contributed by atoms with E-state index in [9.17, 15) is 20.0 Å².